The molecule has 1 fully saturated rings. The molecule has 9 nitrogen and oxygen atoms in total. The van der Waals surface area contributed by atoms with E-state index in [-0.39, 0.29) is 55.3 Å². The van der Waals surface area contributed by atoms with Gasteiger partial charge in [-0.25, -0.2) is 4.39 Å². The molecule has 0 unspecified atom stereocenters. The van der Waals surface area contributed by atoms with E-state index in [1.165, 1.54) is 25.3 Å². The molecule has 3 aromatic rings. The number of halogens is 1. The summed E-state index contributed by atoms with van der Waals surface area (Å²) >= 11 is 0. The van der Waals surface area contributed by atoms with Crippen LogP contribution in [0.1, 0.15) is 29.3 Å². The fraction of sp³-hybridized carbons (Fsp3) is 0.333. The predicted octanol–water partition coefficient (Wildman–Crippen LogP) is 2.62. The molecule has 2 aromatic carbocycles. The lowest BCUT2D eigenvalue weighted by atomic mass is 10.1. The summed E-state index contributed by atoms with van der Waals surface area (Å²) in [5, 5.41) is 5.85. The molecule has 1 saturated heterocycles. The Hall–Kier alpha value is -4.31. The second-order valence-electron chi connectivity index (χ2n) is 10.2. The summed E-state index contributed by atoms with van der Waals surface area (Å²) in [7, 11) is 0. The fourth-order valence-electron chi connectivity index (χ4n) is 5.27. The molecule has 0 spiro atoms. The van der Waals surface area contributed by atoms with Gasteiger partial charge in [0, 0.05) is 57.1 Å². The van der Waals surface area contributed by atoms with E-state index in [1.807, 2.05) is 29.2 Å². The van der Waals surface area contributed by atoms with E-state index in [0.29, 0.717) is 37.4 Å². The van der Waals surface area contributed by atoms with E-state index in [2.05, 4.69) is 15.6 Å². The first kappa shape index (κ1) is 27.3. The zero-order chi connectivity index (χ0) is 28.1. The Labute approximate surface area is 232 Å². The van der Waals surface area contributed by atoms with Crippen molar-refractivity contribution in [3.05, 3.63) is 83.9 Å². The van der Waals surface area contributed by atoms with Crippen molar-refractivity contribution in [3.63, 3.8) is 0 Å². The number of hydrogen-bond donors (Lipinski definition) is 2. The average Bonchev–Trinajstić information content (AvgIpc) is 3.33. The Morgan fingerprint density at radius 3 is 2.75 bits per heavy atom. The van der Waals surface area contributed by atoms with Crippen LogP contribution >= 0.6 is 0 Å². The van der Waals surface area contributed by atoms with Gasteiger partial charge < -0.3 is 20.3 Å². The number of carbonyl (C=O) groups excluding carboxylic acids is 3. The Morgan fingerprint density at radius 1 is 1.10 bits per heavy atom. The first-order valence-electron chi connectivity index (χ1n) is 13.3. The minimum atomic E-state index is -0.353. The monoisotopic (exact) mass is 545 g/mol. The van der Waals surface area contributed by atoms with E-state index >= 15 is 0 Å². The lowest BCUT2D eigenvalue weighted by Gasteiger charge is -2.29. The minimum Gasteiger partial charge on any atom is -0.491 e. The van der Waals surface area contributed by atoms with E-state index in [9.17, 15) is 18.8 Å². The molecule has 2 aliphatic heterocycles. The Morgan fingerprint density at radius 2 is 1.93 bits per heavy atom. The summed E-state index contributed by atoms with van der Waals surface area (Å²) in [6.45, 7) is 3.12. The Bertz CT molecular complexity index is 1400. The van der Waals surface area contributed by atoms with Crippen molar-refractivity contribution in [2.75, 3.05) is 32.8 Å². The maximum atomic E-state index is 13.9. The number of hydrogen-bond acceptors (Lipinski definition) is 6. The summed E-state index contributed by atoms with van der Waals surface area (Å²) < 4.78 is 20.1. The van der Waals surface area contributed by atoms with Gasteiger partial charge in [0.25, 0.3) is 5.91 Å². The van der Waals surface area contributed by atoms with Crippen molar-refractivity contribution >= 4 is 17.7 Å². The first-order valence-corrected chi connectivity index (χ1v) is 13.3. The van der Waals surface area contributed by atoms with Crippen molar-refractivity contribution in [3.8, 4) is 16.9 Å². The molecule has 2 N–H and O–H groups in total. The van der Waals surface area contributed by atoms with Crippen LogP contribution in [0.2, 0.25) is 0 Å². The van der Waals surface area contributed by atoms with Gasteiger partial charge in [-0.3, -0.25) is 24.3 Å². The highest BCUT2D eigenvalue weighted by atomic mass is 19.1. The third kappa shape index (κ3) is 6.81. The molecular formula is C30H32FN5O4. The van der Waals surface area contributed by atoms with E-state index in [0.717, 1.165) is 16.7 Å². The second kappa shape index (κ2) is 12.3. The number of ether oxygens (including phenoxy) is 1. The van der Waals surface area contributed by atoms with Gasteiger partial charge in [-0.1, -0.05) is 24.3 Å². The number of nitrogens with zero attached hydrogens (tertiary/aromatic N) is 3. The highest BCUT2D eigenvalue weighted by molar-refractivity contribution is 5.95. The number of pyridine rings is 1. The van der Waals surface area contributed by atoms with Crippen LogP contribution in [0.25, 0.3) is 11.1 Å². The molecule has 2 aliphatic rings. The van der Waals surface area contributed by atoms with Crippen LogP contribution in [0.3, 0.4) is 0 Å². The fourth-order valence-corrected chi connectivity index (χ4v) is 5.27. The number of aromatic nitrogens is 1. The van der Waals surface area contributed by atoms with Crippen LogP contribution in [-0.4, -0.2) is 77.4 Å². The van der Waals surface area contributed by atoms with Gasteiger partial charge in [0.05, 0.1) is 18.2 Å². The number of amides is 3. The summed E-state index contributed by atoms with van der Waals surface area (Å²) in [6, 6.07) is 15.1. The quantitative estimate of drug-likeness (QED) is 0.525. The molecule has 40 heavy (non-hydrogen) atoms. The summed E-state index contributed by atoms with van der Waals surface area (Å²) in [6.07, 6.45) is 3.78. The molecule has 3 amide bonds. The molecule has 1 aromatic heterocycles. The van der Waals surface area contributed by atoms with Gasteiger partial charge in [0.15, 0.2) is 0 Å². The van der Waals surface area contributed by atoms with E-state index < -0.39 is 0 Å². The topological polar surface area (TPSA) is 104 Å². The Kier molecular flexibility index (Phi) is 8.35. The molecule has 0 aliphatic carbocycles. The van der Waals surface area contributed by atoms with Crippen molar-refractivity contribution in [1.29, 1.82) is 0 Å². The molecule has 10 heteroatoms. The first-order chi connectivity index (χ1) is 19.3. The van der Waals surface area contributed by atoms with Crippen LogP contribution in [0.15, 0.2) is 67.0 Å². The number of carbonyl (C=O) groups is 3. The van der Waals surface area contributed by atoms with Gasteiger partial charge in [-0.15, -0.1) is 0 Å². The van der Waals surface area contributed by atoms with Crippen molar-refractivity contribution in [2.45, 2.75) is 32.0 Å². The van der Waals surface area contributed by atoms with Gasteiger partial charge in [-0.2, -0.15) is 0 Å². The van der Waals surface area contributed by atoms with Crippen LogP contribution in [0.4, 0.5) is 4.39 Å². The van der Waals surface area contributed by atoms with Crippen LogP contribution < -0.4 is 15.4 Å². The molecule has 4 bridgehead atoms. The van der Waals surface area contributed by atoms with Crippen LogP contribution in [0, 0.1) is 5.82 Å². The third-order valence-corrected chi connectivity index (χ3v) is 7.12. The maximum absolute atomic E-state index is 13.9. The van der Waals surface area contributed by atoms with Crippen LogP contribution in [-0.2, 0) is 16.1 Å². The number of nitrogens with one attached hydrogen (secondary N) is 2. The average molecular weight is 546 g/mol. The van der Waals surface area contributed by atoms with Gasteiger partial charge in [-0.05, 0) is 47.9 Å². The van der Waals surface area contributed by atoms with Gasteiger partial charge >= 0.3 is 0 Å². The van der Waals surface area contributed by atoms with Crippen molar-refractivity contribution in [2.24, 2.45) is 0 Å². The maximum Gasteiger partial charge on any atom is 0.252 e. The van der Waals surface area contributed by atoms with Gasteiger partial charge in [0.2, 0.25) is 11.8 Å². The largest absolute Gasteiger partial charge is 0.491 e. The molecule has 5 rings (SSSR count). The zero-order valence-electron chi connectivity index (χ0n) is 22.3. The highest BCUT2D eigenvalue weighted by Crippen LogP contribution is 2.26. The number of rotatable bonds is 3. The molecule has 3 heterocycles. The minimum absolute atomic E-state index is 0.0577. The van der Waals surface area contributed by atoms with E-state index in [1.54, 1.807) is 29.3 Å². The van der Waals surface area contributed by atoms with Gasteiger partial charge in [0.1, 0.15) is 18.2 Å². The molecule has 0 radical (unpaired) electrons. The standard InChI is InChI=1S/C30H32FN5O4/c1-20(37)34-26-13-27-19-40-28-7-3-5-22(12-28)23-11-24(15-32-14-23)30(39)33-8-9-35(18-29(38)36(27)17-26)16-21-4-2-6-25(31)10-21/h2-7,10-12,14-15,26-27H,8-9,13,16-19H2,1H3,(H,33,39)(H,34,37)/t26-,27+/m1/s1. The third-order valence-electron chi connectivity index (χ3n) is 7.12. The summed E-state index contributed by atoms with van der Waals surface area (Å²) in [5.41, 5.74) is 2.77. The normalized spacial score (nSPS) is 20.2. The second-order valence-corrected chi connectivity index (χ2v) is 10.2. The Balaban J connectivity index is 1.44. The smallest absolute Gasteiger partial charge is 0.252 e. The lowest BCUT2D eigenvalue weighted by molar-refractivity contribution is -0.134. The van der Waals surface area contributed by atoms with E-state index in [4.69, 9.17) is 4.74 Å². The molecule has 208 valence electrons. The molecular weight excluding hydrogens is 513 g/mol. The predicted molar refractivity (Wildman–Crippen MR) is 147 cm³/mol. The highest BCUT2D eigenvalue weighted by Gasteiger charge is 2.36. The molecule has 2 atom stereocenters. The van der Waals surface area contributed by atoms with Crippen LogP contribution in [0.5, 0.6) is 5.75 Å². The van der Waals surface area contributed by atoms with Crippen molar-refractivity contribution in [1.82, 2.24) is 25.4 Å². The summed E-state index contributed by atoms with van der Waals surface area (Å²) in [4.78, 5) is 46.3. The lowest BCUT2D eigenvalue weighted by Crippen LogP contribution is -2.46. The van der Waals surface area contributed by atoms with Crippen molar-refractivity contribution < 1.29 is 23.5 Å². The number of fused-ring (bicyclic) bond motifs is 6. The summed E-state index contributed by atoms with van der Waals surface area (Å²) in [5.74, 6) is -0.284. The zero-order valence-corrected chi connectivity index (χ0v) is 22.3. The number of benzene rings is 2. The molecule has 0 saturated carbocycles. The SMILES string of the molecule is CC(=O)N[C@@H]1C[C@H]2COc3cccc(c3)-c3cncc(c3)C(=O)NCCN(Cc3cccc(F)c3)CC(=O)N2C1.